The van der Waals surface area contributed by atoms with Crippen molar-refractivity contribution < 1.29 is 56.4 Å². The summed E-state index contributed by atoms with van der Waals surface area (Å²) >= 11 is 20.4. The lowest BCUT2D eigenvalue weighted by Gasteiger charge is -2.12. The number of halogens is 8. The van der Waals surface area contributed by atoms with Gasteiger partial charge < -0.3 is 24.4 Å². The number of carboxylic acids is 2. The van der Waals surface area contributed by atoms with E-state index < -0.39 is 58.9 Å². The monoisotopic (exact) mass is 893 g/mol. The molecule has 0 aliphatic heterocycles. The van der Waals surface area contributed by atoms with Crippen LogP contribution >= 0.6 is 50.7 Å². The summed E-state index contributed by atoms with van der Waals surface area (Å²) in [7, 11) is 1.08. The standard InChI is InChI=1S/C15H12BrClF4N2O2.C11H8ClNO3.C10H11ClO3/c1-6(2)25-14(24)7-4-8(10(18)5-9(7)17)12-11(16)13(15(19,20)21)23(3)22-12;12-8-3-4-9(16-6-10(14)15)11-7(8)2-1-5-13-11;1-6-5-8(11)3-4-9(6)14-7(2)10(12)13/h4-6H,1-3H3;1-5H,6H2,(H,14,15);3-5,7H,1-2H3,(H,12,13). The molecule has 11 nitrogen and oxygen atoms in total. The highest BCUT2D eigenvalue weighted by atomic mass is 79.9. The molecule has 1 unspecified atom stereocenters. The molecule has 0 radical (unpaired) electrons. The highest BCUT2D eigenvalue weighted by Crippen LogP contribution is 2.41. The predicted octanol–water partition coefficient (Wildman–Crippen LogP) is 10.1. The van der Waals surface area contributed by atoms with Gasteiger partial charge in [-0.15, -0.1) is 0 Å². The van der Waals surface area contributed by atoms with Gasteiger partial charge in [-0.3, -0.25) is 9.67 Å². The minimum Gasteiger partial charge on any atom is -0.480 e. The fourth-order valence-corrected chi connectivity index (χ4v) is 5.94. The minimum absolute atomic E-state index is 0.169. The first-order chi connectivity index (χ1) is 25.6. The van der Waals surface area contributed by atoms with Crippen LogP contribution in [0.2, 0.25) is 15.1 Å². The number of nitrogens with zero attached hydrogens (tertiary/aromatic N) is 3. The Balaban J connectivity index is 0.000000234. The number of carbonyl (C=O) groups excluding carboxylic acids is 1. The Morgan fingerprint density at radius 3 is 2.18 bits per heavy atom. The van der Waals surface area contributed by atoms with Crippen LogP contribution in [-0.4, -0.2) is 61.7 Å². The number of pyridine rings is 1. The van der Waals surface area contributed by atoms with E-state index >= 15 is 0 Å². The zero-order valence-electron chi connectivity index (χ0n) is 29.3. The van der Waals surface area contributed by atoms with Gasteiger partial charge in [0.2, 0.25) is 0 Å². The molecule has 0 saturated carbocycles. The number of benzene rings is 3. The molecule has 0 amide bonds. The zero-order chi connectivity index (χ0) is 41.4. The van der Waals surface area contributed by atoms with Gasteiger partial charge in [0.25, 0.3) is 0 Å². The first-order valence-corrected chi connectivity index (χ1v) is 17.6. The molecule has 5 rings (SSSR count). The second-order valence-electron chi connectivity index (χ2n) is 11.5. The van der Waals surface area contributed by atoms with E-state index in [0.29, 0.717) is 31.7 Å². The smallest absolute Gasteiger partial charge is 0.434 e. The lowest BCUT2D eigenvalue weighted by atomic mass is 10.1. The summed E-state index contributed by atoms with van der Waals surface area (Å²) in [5, 5.41) is 22.6. The molecule has 0 saturated heterocycles. The predicted molar refractivity (Wildman–Crippen MR) is 201 cm³/mol. The van der Waals surface area contributed by atoms with Crippen molar-refractivity contribution in [3.8, 4) is 22.8 Å². The van der Waals surface area contributed by atoms with Gasteiger partial charge in [-0.05, 0) is 104 Å². The third-order valence-electron chi connectivity index (χ3n) is 6.95. The van der Waals surface area contributed by atoms with Crippen LogP contribution in [0.15, 0.2) is 65.3 Å². The van der Waals surface area contributed by atoms with E-state index in [1.165, 1.54) is 6.92 Å². The molecule has 0 fully saturated rings. The van der Waals surface area contributed by atoms with E-state index in [0.717, 1.165) is 30.1 Å². The maximum atomic E-state index is 14.3. The van der Waals surface area contributed by atoms with Crippen LogP contribution in [-0.2, 0) is 27.5 Å². The maximum absolute atomic E-state index is 14.3. The number of hydrogen-bond acceptors (Lipinski definition) is 8. The fraction of sp³-hybridized carbons (Fsp3) is 0.250. The van der Waals surface area contributed by atoms with Gasteiger partial charge in [0, 0.05) is 29.2 Å². The summed E-state index contributed by atoms with van der Waals surface area (Å²) in [4.78, 5) is 37.1. The lowest BCUT2D eigenvalue weighted by Crippen LogP contribution is -2.23. The molecule has 294 valence electrons. The Morgan fingerprint density at radius 2 is 1.62 bits per heavy atom. The number of hydrogen-bond donors (Lipinski definition) is 2. The van der Waals surface area contributed by atoms with Crippen molar-refractivity contribution >= 4 is 79.5 Å². The van der Waals surface area contributed by atoms with Crippen molar-refractivity contribution in [3.63, 3.8) is 0 Å². The molecule has 0 spiro atoms. The van der Waals surface area contributed by atoms with Crippen molar-refractivity contribution in [3.05, 3.63) is 103 Å². The van der Waals surface area contributed by atoms with Gasteiger partial charge in [-0.25, -0.2) is 18.8 Å². The van der Waals surface area contributed by atoms with Crippen LogP contribution in [0.5, 0.6) is 11.5 Å². The van der Waals surface area contributed by atoms with Gasteiger partial charge in [0.05, 0.1) is 26.2 Å². The van der Waals surface area contributed by atoms with E-state index in [9.17, 15) is 31.9 Å². The highest BCUT2D eigenvalue weighted by molar-refractivity contribution is 9.10. The Hall–Kier alpha value is -4.64. The number of rotatable bonds is 9. The molecular formula is C36H31BrCl3F4N3O8. The molecule has 2 aromatic heterocycles. The van der Waals surface area contributed by atoms with E-state index in [2.05, 4.69) is 26.0 Å². The molecule has 2 N–H and O–H groups in total. The molecular weight excluding hydrogens is 865 g/mol. The summed E-state index contributed by atoms with van der Waals surface area (Å²) in [6, 6.07) is 13.7. The van der Waals surface area contributed by atoms with Crippen molar-refractivity contribution in [2.75, 3.05) is 6.61 Å². The first-order valence-electron chi connectivity index (χ1n) is 15.7. The first kappa shape index (κ1) is 44.8. The van der Waals surface area contributed by atoms with Crippen molar-refractivity contribution in [2.24, 2.45) is 7.05 Å². The SMILES string of the molecule is CC(C)OC(=O)c1cc(-c2nn(C)c(C(F)(F)F)c2Br)c(F)cc1Cl.Cc1cc(Cl)ccc1OC(C)C(=O)O.O=C(O)COc1ccc(Cl)c2cccnc12. The number of carbonyl (C=O) groups is 3. The van der Waals surface area contributed by atoms with Gasteiger partial charge in [-0.1, -0.05) is 34.8 Å². The number of aliphatic carboxylic acids is 2. The Bertz CT molecular complexity index is 2200. The molecule has 1 atom stereocenters. The number of alkyl halides is 3. The number of aromatic nitrogens is 3. The van der Waals surface area contributed by atoms with Crippen LogP contribution in [0.3, 0.4) is 0 Å². The Kier molecular flexibility index (Phi) is 15.7. The van der Waals surface area contributed by atoms with E-state index in [1.54, 1.807) is 62.5 Å². The van der Waals surface area contributed by atoms with E-state index in [1.807, 2.05) is 6.92 Å². The summed E-state index contributed by atoms with van der Waals surface area (Å²) in [6.45, 7) is 6.13. The molecule has 55 heavy (non-hydrogen) atoms. The second-order valence-corrected chi connectivity index (χ2v) is 13.6. The van der Waals surface area contributed by atoms with E-state index in [4.69, 9.17) is 59.2 Å². The molecule has 0 aliphatic carbocycles. The normalized spacial score (nSPS) is 11.5. The average molecular weight is 896 g/mol. The topological polar surface area (TPSA) is 150 Å². The molecule has 19 heteroatoms. The van der Waals surface area contributed by atoms with Gasteiger partial charge in [0.1, 0.15) is 28.5 Å². The largest absolute Gasteiger partial charge is 0.480 e. The third kappa shape index (κ3) is 12.2. The molecule has 0 bridgehead atoms. The second kappa shape index (κ2) is 19.3. The quantitative estimate of drug-likeness (QED) is 0.108. The number of fused-ring (bicyclic) bond motifs is 1. The van der Waals surface area contributed by atoms with Crippen molar-refractivity contribution in [1.82, 2.24) is 14.8 Å². The average Bonchev–Trinajstić information content (AvgIpc) is 3.39. The maximum Gasteiger partial charge on any atom is 0.434 e. The lowest BCUT2D eigenvalue weighted by molar-refractivity contribution is -0.145. The molecule has 0 aliphatic rings. The van der Waals surface area contributed by atoms with Gasteiger partial charge >= 0.3 is 24.1 Å². The van der Waals surface area contributed by atoms with Gasteiger partial charge in [0.15, 0.2) is 18.4 Å². The minimum atomic E-state index is -4.69. The molecule has 2 heterocycles. The third-order valence-corrected chi connectivity index (χ3v) is 8.58. The highest BCUT2D eigenvalue weighted by Gasteiger charge is 2.39. The summed E-state index contributed by atoms with van der Waals surface area (Å²) in [5.74, 6) is -2.78. The zero-order valence-corrected chi connectivity index (χ0v) is 33.2. The summed E-state index contributed by atoms with van der Waals surface area (Å²) < 4.78 is 69.0. The number of ether oxygens (including phenoxy) is 3. The number of carboxylic acid groups (broad SMARTS) is 2. The molecule has 3 aromatic carbocycles. The van der Waals surface area contributed by atoms with Crippen LogP contribution in [0.4, 0.5) is 17.6 Å². The van der Waals surface area contributed by atoms with Crippen molar-refractivity contribution in [2.45, 2.75) is 46.1 Å². The summed E-state index contributed by atoms with van der Waals surface area (Å²) in [5.41, 5.74) is -0.469. The number of aryl methyl sites for hydroxylation is 2. The van der Waals surface area contributed by atoms with Crippen LogP contribution in [0.1, 0.15) is 42.4 Å². The van der Waals surface area contributed by atoms with Crippen LogP contribution in [0.25, 0.3) is 22.2 Å². The fourth-order valence-electron chi connectivity index (χ4n) is 4.50. The Morgan fingerprint density at radius 1 is 0.964 bits per heavy atom. The molecule has 5 aromatic rings. The van der Waals surface area contributed by atoms with Crippen LogP contribution < -0.4 is 9.47 Å². The Labute approximate surface area is 334 Å². The van der Waals surface area contributed by atoms with E-state index in [-0.39, 0.29) is 21.8 Å². The number of esters is 1. The summed E-state index contributed by atoms with van der Waals surface area (Å²) in [6.07, 6.45) is -4.39. The van der Waals surface area contributed by atoms with Crippen LogP contribution in [0, 0.1) is 12.7 Å². The van der Waals surface area contributed by atoms with Gasteiger partial charge in [-0.2, -0.15) is 18.3 Å². The van der Waals surface area contributed by atoms with Crippen molar-refractivity contribution in [1.29, 1.82) is 0 Å².